The van der Waals surface area contributed by atoms with Gasteiger partial charge in [-0.3, -0.25) is 4.79 Å². The molecule has 0 aromatic heterocycles. The third kappa shape index (κ3) is 4.51. The van der Waals surface area contributed by atoms with Crippen LogP contribution in [0.2, 0.25) is 0 Å². The summed E-state index contributed by atoms with van der Waals surface area (Å²) in [6.45, 7) is 2.40. The summed E-state index contributed by atoms with van der Waals surface area (Å²) in [5.41, 5.74) is 13.3. The van der Waals surface area contributed by atoms with Crippen LogP contribution >= 0.6 is 0 Å². The molecule has 0 radical (unpaired) electrons. The van der Waals surface area contributed by atoms with Crippen molar-refractivity contribution in [1.82, 2.24) is 10.6 Å². The van der Waals surface area contributed by atoms with Crippen LogP contribution in [0.15, 0.2) is 84.4 Å². The normalized spacial score (nSPS) is 13.9. The smallest absolute Gasteiger partial charge is 0.249 e. The van der Waals surface area contributed by atoms with E-state index in [0.29, 0.717) is 19.6 Å². The summed E-state index contributed by atoms with van der Waals surface area (Å²) in [7, 11) is 0. The Kier molecular flexibility index (Phi) is 6.38. The molecule has 1 amide bonds. The van der Waals surface area contributed by atoms with Crippen molar-refractivity contribution in [3.05, 3.63) is 101 Å². The minimum absolute atomic E-state index is 0.0193. The Balaban J connectivity index is 1.59. The maximum Gasteiger partial charge on any atom is 0.249 e. The van der Waals surface area contributed by atoms with E-state index in [4.69, 9.17) is 5.73 Å². The van der Waals surface area contributed by atoms with Crippen molar-refractivity contribution < 1.29 is 4.79 Å². The van der Waals surface area contributed by atoms with Crippen LogP contribution in [-0.2, 0) is 17.9 Å². The largest absolute Gasteiger partial charge is 0.348 e. The molecular formula is C26H27N3O. The van der Waals surface area contributed by atoms with Crippen molar-refractivity contribution in [3.63, 3.8) is 0 Å². The fourth-order valence-corrected chi connectivity index (χ4v) is 3.95. The summed E-state index contributed by atoms with van der Waals surface area (Å²) in [4.78, 5) is 13.1. The summed E-state index contributed by atoms with van der Waals surface area (Å²) in [6, 6.07) is 26.8. The Bertz CT molecular complexity index is 1060. The molecule has 0 spiro atoms. The minimum atomic E-state index is -0.0193. The molecule has 1 aliphatic rings. The Labute approximate surface area is 177 Å². The summed E-state index contributed by atoms with van der Waals surface area (Å²) in [5.74, 6) is -0.0193. The van der Waals surface area contributed by atoms with Gasteiger partial charge in [0.2, 0.25) is 5.91 Å². The molecule has 0 fully saturated rings. The second-order valence-electron chi connectivity index (χ2n) is 7.49. The second kappa shape index (κ2) is 9.53. The molecule has 152 valence electrons. The zero-order valence-electron chi connectivity index (χ0n) is 17.0. The number of amides is 1. The molecule has 4 heteroatoms. The first kappa shape index (κ1) is 20.1. The molecule has 0 atom stereocenters. The van der Waals surface area contributed by atoms with Crippen LogP contribution in [0.25, 0.3) is 16.7 Å². The average molecular weight is 398 g/mol. The van der Waals surface area contributed by atoms with Crippen LogP contribution in [0, 0.1) is 0 Å². The van der Waals surface area contributed by atoms with Gasteiger partial charge in [-0.05, 0) is 52.4 Å². The summed E-state index contributed by atoms with van der Waals surface area (Å²) in [6.07, 6.45) is 0.834. The van der Waals surface area contributed by atoms with Crippen molar-refractivity contribution in [3.8, 4) is 11.1 Å². The number of benzene rings is 3. The summed E-state index contributed by atoms with van der Waals surface area (Å²) >= 11 is 0. The van der Waals surface area contributed by atoms with E-state index in [0.717, 1.165) is 46.4 Å². The number of carbonyl (C=O) groups is 1. The van der Waals surface area contributed by atoms with Crippen molar-refractivity contribution in [2.45, 2.75) is 19.5 Å². The number of rotatable bonds is 6. The monoisotopic (exact) mass is 397 g/mol. The molecule has 3 aromatic rings. The van der Waals surface area contributed by atoms with Gasteiger partial charge in [-0.25, -0.2) is 0 Å². The summed E-state index contributed by atoms with van der Waals surface area (Å²) < 4.78 is 0. The predicted octanol–water partition coefficient (Wildman–Crippen LogP) is 3.88. The van der Waals surface area contributed by atoms with Crippen LogP contribution in [-0.4, -0.2) is 19.0 Å². The number of nitrogens with one attached hydrogen (secondary N) is 2. The van der Waals surface area contributed by atoms with Gasteiger partial charge in [0.05, 0.1) is 0 Å². The molecule has 0 aliphatic carbocycles. The van der Waals surface area contributed by atoms with E-state index in [2.05, 4.69) is 47.0 Å². The van der Waals surface area contributed by atoms with Gasteiger partial charge in [-0.2, -0.15) is 0 Å². The zero-order valence-corrected chi connectivity index (χ0v) is 17.0. The first-order valence-corrected chi connectivity index (χ1v) is 10.4. The maximum atomic E-state index is 13.1. The fraction of sp³-hybridized carbons (Fsp3) is 0.192. The number of nitrogens with two attached hydrogens (primary N) is 1. The van der Waals surface area contributed by atoms with Crippen molar-refractivity contribution in [1.29, 1.82) is 0 Å². The van der Waals surface area contributed by atoms with Gasteiger partial charge in [0.15, 0.2) is 0 Å². The molecule has 1 aliphatic heterocycles. The SMILES string of the molecule is NCc1ccccc1CNC(=O)C1=C(c2cccc(-c3ccccc3)c2)CCNC1. The Morgan fingerprint density at radius 1 is 0.867 bits per heavy atom. The van der Waals surface area contributed by atoms with Crippen molar-refractivity contribution in [2.75, 3.05) is 13.1 Å². The molecule has 0 bridgehead atoms. The Morgan fingerprint density at radius 3 is 2.37 bits per heavy atom. The van der Waals surface area contributed by atoms with E-state index in [1.54, 1.807) is 0 Å². The summed E-state index contributed by atoms with van der Waals surface area (Å²) in [5, 5.41) is 6.44. The zero-order chi connectivity index (χ0) is 20.8. The highest BCUT2D eigenvalue weighted by Gasteiger charge is 2.20. The standard InChI is InChI=1S/C26H27N3O/c27-16-22-9-4-5-10-23(22)17-29-26(30)25-18-28-14-13-24(25)21-12-6-11-20(15-21)19-7-2-1-3-8-19/h1-12,15,28H,13-14,16-18,27H2,(H,29,30). The third-order valence-electron chi connectivity index (χ3n) is 5.59. The number of carbonyl (C=O) groups excluding carboxylic acids is 1. The highest BCUT2D eigenvalue weighted by Crippen LogP contribution is 2.29. The molecule has 3 aromatic carbocycles. The minimum Gasteiger partial charge on any atom is -0.348 e. The first-order chi connectivity index (χ1) is 14.8. The lowest BCUT2D eigenvalue weighted by atomic mass is 9.91. The van der Waals surface area contributed by atoms with Crippen LogP contribution in [0.5, 0.6) is 0 Å². The molecule has 0 unspecified atom stereocenters. The molecule has 0 saturated carbocycles. The van der Waals surface area contributed by atoms with Gasteiger partial charge < -0.3 is 16.4 Å². The van der Waals surface area contributed by atoms with Gasteiger partial charge in [0.1, 0.15) is 0 Å². The van der Waals surface area contributed by atoms with Gasteiger partial charge in [-0.1, -0.05) is 72.8 Å². The fourth-order valence-electron chi connectivity index (χ4n) is 3.95. The van der Waals surface area contributed by atoms with Crippen LogP contribution < -0.4 is 16.4 Å². The van der Waals surface area contributed by atoms with Gasteiger partial charge in [0.25, 0.3) is 0 Å². The number of hydrogen-bond donors (Lipinski definition) is 3. The van der Waals surface area contributed by atoms with E-state index < -0.39 is 0 Å². The number of hydrogen-bond acceptors (Lipinski definition) is 3. The van der Waals surface area contributed by atoms with E-state index in [1.165, 1.54) is 5.56 Å². The Hall–Kier alpha value is -3.21. The van der Waals surface area contributed by atoms with Gasteiger partial charge in [-0.15, -0.1) is 0 Å². The van der Waals surface area contributed by atoms with Crippen molar-refractivity contribution in [2.24, 2.45) is 5.73 Å². The topological polar surface area (TPSA) is 67.1 Å². The highest BCUT2D eigenvalue weighted by atomic mass is 16.1. The maximum absolute atomic E-state index is 13.1. The predicted molar refractivity (Wildman–Crippen MR) is 122 cm³/mol. The van der Waals surface area contributed by atoms with E-state index in [1.807, 2.05) is 42.5 Å². The Morgan fingerprint density at radius 2 is 1.57 bits per heavy atom. The molecule has 4 rings (SSSR count). The lowest BCUT2D eigenvalue weighted by molar-refractivity contribution is -0.117. The highest BCUT2D eigenvalue weighted by molar-refractivity contribution is 6.02. The van der Waals surface area contributed by atoms with Crippen LogP contribution in [0.1, 0.15) is 23.1 Å². The van der Waals surface area contributed by atoms with E-state index in [9.17, 15) is 4.79 Å². The van der Waals surface area contributed by atoms with Gasteiger partial charge >= 0.3 is 0 Å². The van der Waals surface area contributed by atoms with Gasteiger partial charge in [0, 0.05) is 25.2 Å². The van der Waals surface area contributed by atoms with Crippen LogP contribution in [0.3, 0.4) is 0 Å². The molecule has 4 nitrogen and oxygen atoms in total. The molecule has 1 heterocycles. The molecule has 0 saturated heterocycles. The molecule has 4 N–H and O–H groups in total. The average Bonchev–Trinajstić information content (AvgIpc) is 2.83. The molecular weight excluding hydrogens is 370 g/mol. The third-order valence-corrected chi connectivity index (χ3v) is 5.59. The lowest BCUT2D eigenvalue weighted by Crippen LogP contribution is -2.34. The van der Waals surface area contributed by atoms with Crippen molar-refractivity contribution >= 4 is 11.5 Å². The van der Waals surface area contributed by atoms with E-state index in [-0.39, 0.29) is 5.91 Å². The second-order valence-corrected chi connectivity index (χ2v) is 7.49. The van der Waals surface area contributed by atoms with E-state index >= 15 is 0 Å². The first-order valence-electron chi connectivity index (χ1n) is 10.4. The molecule has 30 heavy (non-hydrogen) atoms. The quantitative estimate of drug-likeness (QED) is 0.591. The van der Waals surface area contributed by atoms with Crippen LogP contribution in [0.4, 0.5) is 0 Å². The lowest BCUT2D eigenvalue weighted by Gasteiger charge is -2.22.